The first-order valence-corrected chi connectivity index (χ1v) is 8.12. The summed E-state index contributed by atoms with van der Waals surface area (Å²) >= 11 is 0. The molecule has 0 saturated heterocycles. The first kappa shape index (κ1) is 17.7. The zero-order chi connectivity index (χ0) is 17.5. The molecular formula is C20H24N2O2. The summed E-state index contributed by atoms with van der Waals surface area (Å²) < 4.78 is 5.81. The van der Waals surface area contributed by atoms with Crippen molar-refractivity contribution in [3.8, 4) is 5.75 Å². The van der Waals surface area contributed by atoms with Gasteiger partial charge in [-0.3, -0.25) is 4.79 Å². The normalized spacial score (nSPS) is 12.4. The molecule has 0 spiro atoms. The molecule has 2 rings (SSSR count). The Morgan fingerprint density at radius 2 is 1.83 bits per heavy atom. The van der Waals surface area contributed by atoms with Crippen LogP contribution in [0.15, 0.2) is 53.6 Å². The van der Waals surface area contributed by atoms with Gasteiger partial charge in [0.1, 0.15) is 5.75 Å². The molecule has 1 amide bonds. The van der Waals surface area contributed by atoms with Crippen molar-refractivity contribution in [1.82, 2.24) is 5.43 Å². The van der Waals surface area contributed by atoms with E-state index in [4.69, 9.17) is 4.74 Å². The summed E-state index contributed by atoms with van der Waals surface area (Å²) in [5.74, 6) is 0.861. The van der Waals surface area contributed by atoms with E-state index in [2.05, 4.69) is 30.4 Å². The van der Waals surface area contributed by atoms with Gasteiger partial charge in [-0.05, 0) is 42.5 Å². The zero-order valence-electron chi connectivity index (χ0n) is 14.6. The molecule has 0 heterocycles. The highest BCUT2D eigenvalue weighted by atomic mass is 16.5. The van der Waals surface area contributed by atoms with Gasteiger partial charge in [0, 0.05) is 0 Å². The molecule has 24 heavy (non-hydrogen) atoms. The third-order valence-corrected chi connectivity index (χ3v) is 3.74. The number of nitrogens with one attached hydrogen (secondary N) is 1. The number of rotatable bonds is 6. The Kier molecular flexibility index (Phi) is 6.13. The summed E-state index contributed by atoms with van der Waals surface area (Å²) in [7, 11) is 0. The number of hydrogen-bond donors (Lipinski definition) is 1. The van der Waals surface area contributed by atoms with E-state index in [1.54, 1.807) is 13.1 Å². The topological polar surface area (TPSA) is 50.7 Å². The molecule has 1 atom stereocenters. The number of hydrogen-bond acceptors (Lipinski definition) is 3. The Labute approximate surface area is 143 Å². The van der Waals surface area contributed by atoms with E-state index in [1.807, 2.05) is 49.4 Å². The van der Waals surface area contributed by atoms with Crippen molar-refractivity contribution < 1.29 is 9.53 Å². The van der Waals surface area contributed by atoms with Crippen LogP contribution in [0.5, 0.6) is 5.75 Å². The second kappa shape index (κ2) is 8.29. The lowest BCUT2D eigenvalue weighted by atomic mass is 10.0. The van der Waals surface area contributed by atoms with Crippen molar-refractivity contribution in [2.75, 3.05) is 0 Å². The standard InChI is InChI=1S/C20H24N2O2/c1-14(2)18-11-10-15(3)19(12-18)24-16(4)20(23)22-21-13-17-8-6-5-7-9-17/h5-14,16H,1-4H3,(H,22,23)/b21-13+. The number of hydrazone groups is 1. The molecule has 0 aliphatic rings. The molecule has 4 heteroatoms. The van der Waals surface area contributed by atoms with Crippen LogP contribution in [-0.2, 0) is 4.79 Å². The molecule has 0 saturated carbocycles. The first-order chi connectivity index (χ1) is 11.5. The van der Waals surface area contributed by atoms with Crippen molar-refractivity contribution in [1.29, 1.82) is 0 Å². The Morgan fingerprint density at radius 3 is 2.50 bits per heavy atom. The zero-order valence-corrected chi connectivity index (χ0v) is 14.6. The van der Waals surface area contributed by atoms with Gasteiger partial charge >= 0.3 is 0 Å². The van der Waals surface area contributed by atoms with Gasteiger partial charge in [-0.25, -0.2) is 5.43 Å². The van der Waals surface area contributed by atoms with E-state index in [-0.39, 0.29) is 5.91 Å². The van der Waals surface area contributed by atoms with Crippen LogP contribution in [-0.4, -0.2) is 18.2 Å². The summed E-state index contributed by atoms with van der Waals surface area (Å²) in [6, 6.07) is 15.7. The monoisotopic (exact) mass is 324 g/mol. The van der Waals surface area contributed by atoms with E-state index in [0.29, 0.717) is 5.92 Å². The molecule has 0 radical (unpaired) electrons. The SMILES string of the molecule is Cc1ccc(C(C)C)cc1OC(C)C(=O)N/N=C/c1ccccc1. The van der Waals surface area contributed by atoms with Crippen LogP contribution in [0.4, 0.5) is 0 Å². The molecule has 0 fully saturated rings. The van der Waals surface area contributed by atoms with Crippen LogP contribution in [0.3, 0.4) is 0 Å². The lowest BCUT2D eigenvalue weighted by molar-refractivity contribution is -0.127. The van der Waals surface area contributed by atoms with Crippen LogP contribution >= 0.6 is 0 Å². The number of aryl methyl sites for hydroxylation is 1. The largest absolute Gasteiger partial charge is 0.481 e. The van der Waals surface area contributed by atoms with E-state index in [9.17, 15) is 4.79 Å². The fraction of sp³-hybridized carbons (Fsp3) is 0.300. The minimum atomic E-state index is -0.626. The minimum Gasteiger partial charge on any atom is -0.481 e. The predicted molar refractivity (Wildman–Crippen MR) is 97.5 cm³/mol. The quantitative estimate of drug-likeness (QED) is 0.644. The van der Waals surface area contributed by atoms with E-state index in [1.165, 1.54) is 5.56 Å². The number of ether oxygens (including phenoxy) is 1. The number of carbonyl (C=O) groups is 1. The van der Waals surface area contributed by atoms with Gasteiger partial charge < -0.3 is 4.74 Å². The van der Waals surface area contributed by atoms with E-state index in [0.717, 1.165) is 16.9 Å². The molecule has 126 valence electrons. The third kappa shape index (κ3) is 4.95. The number of benzene rings is 2. The maximum atomic E-state index is 12.1. The highest BCUT2D eigenvalue weighted by molar-refractivity contribution is 5.84. The Bertz CT molecular complexity index is 709. The average molecular weight is 324 g/mol. The fourth-order valence-corrected chi connectivity index (χ4v) is 2.15. The van der Waals surface area contributed by atoms with Crippen molar-refractivity contribution in [3.05, 3.63) is 65.2 Å². The number of amides is 1. The average Bonchev–Trinajstić information content (AvgIpc) is 2.57. The minimum absolute atomic E-state index is 0.281. The van der Waals surface area contributed by atoms with Crippen molar-refractivity contribution in [3.63, 3.8) is 0 Å². The molecule has 2 aromatic rings. The van der Waals surface area contributed by atoms with Gasteiger partial charge in [-0.1, -0.05) is 56.3 Å². The Hall–Kier alpha value is -2.62. The summed E-state index contributed by atoms with van der Waals surface area (Å²) in [5.41, 5.74) is 5.63. The molecular weight excluding hydrogens is 300 g/mol. The van der Waals surface area contributed by atoms with Crippen molar-refractivity contribution >= 4 is 12.1 Å². The van der Waals surface area contributed by atoms with Crippen LogP contribution in [0, 0.1) is 6.92 Å². The molecule has 0 aromatic heterocycles. The molecule has 0 aliphatic carbocycles. The van der Waals surface area contributed by atoms with Gasteiger partial charge in [0.25, 0.3) is 5.91 Å². The van der Waals surface area contributed by atoms with Crippen LogP contribution in [0.2, 0.25) is 0 Å². The number of carbonyl (C=O) groups excluding carboxylic acids is 1. The Morgan fingerprint density at radius 1 is 1.12 bits per heavy atom. The lowest BCUT2D eigenvalue weighted by Gasteiger charge is -2.16. The summed E-state index contributed by atoms with van der Waals surface area (Å²) in [6.07, 6.45) is 0.981. The third-order valence-electron chi connectivity index (χ3n) is 3.74. The first-order valence-electron chi connectivity index (χ1n) is 8.12. The highest BCUT2D eigenvalue weighted by Gasteiger charge is 2.15. The second-order valence-corrected chi connectivity index (χ2v) is 6.08. The molecule has 0 aliphatic heterocycles. The van der Waals surface area contributed by atoms with Gasteiger partial charge in [0.2, 0.25) is 0 Å². The van der Waals surface area contributed by atoms with E-state index < -0.39 is 6.10 Å². The summed E-state index contributed by atoms with van der Waals surface area (Å²) in [4.78, 5) is 12.1. The summed E-state index contributed by atoms with van der Waals surface area (Å²) in [6.45, 7) is 7.94. The van der Waals surface area contributed by atoms with Gasteiger partial charge in [-0.2, -0.15) is 5.10 Å². The smallest absolute Gasteiger partial charge is 0.280 e. The van der Waals surface area contributed by atoms with Crippen LogP contribution in [0.1, 0.15) is 43.4 Å². The molecule has 0 bridgehead atoms. The maximum Gasteiger partial charge on any atom is 0.280 e. The molecule has 2 aromatic carbocycles. The maximum absolute atomic E-state index is 12.1. The lowest BCUT2D eigenvalue weighted by Crippen LogP contribution is -2.33. The molecule has 1 unspecified atom stereocenters. The van der Waals surface area contributed by atoms with Crippen molar-refractivity contribution in [2.45, 2.75) is 39.7 Å². The number of nitrogens with zero attached hydrogens (tertiary/aromatic N) is 1. The van der Waals surface area contributed by atoms with Crippen LogP contribution in [0.25, 0.3) is 0 Å². The molecule has 4 nitrogen and oxygen atoms in total. The van der Waals surface area contributed by atoms with Crippen molar-refractivity contribution in [2.24, 2.45) is 5.10 Å². The van der Waals surface area contributed by atoms with Gasteiger partial charge in [0.15, 0.2) is 6.10 Å². The highest BCUT2D eigenvalue weighted by Crippen LogP contribution is 2.25. The van der Waals surface area contributed by atoms with Gasteiger partial charge in [0.05, 0.1) is 6.21 Å². The second-order valence-electron chi connectivity index (χ2n) is 6.08. The fourth-order valence-electron chi connectivity index (χ4n) is 2.15. The predicted octanol–water partition coefficient (Wildman–Crippen LogP) is 4.04. The van der Waals surface area contributed by atoms with E-state index >= 15 is 0 Å². The van der Waals surface area contributed by atoms with Gasteiger partial charge in [-0.15, -0.1) is 0 Å². The molecule has 1 N–H and O–H groups in total. The Balaban J connectivity index is 1.96. The van der Waals surface area contributed by atoms with Crippen LogP contribution < -0.4 is 10.2 Å². The summed E-state index contributed by atoms with van der Waals surface area (Å²) in [5, 5.41) is 3.97.